The van der Waals surface area contributed by atoms with Crippen LogP contribution >= 0.6 is 0 Å². The van der Waals surface area contributed by atoms with Gasteiger partial charge < -0.3 is 15.6 Å². The first kappa shape index (κ1) is 14.8. The third-order valence-electron chi connectivity index (χ3n) is 4.60. The molecule has 0 bridgehead atoms. The SMILES string of the molecule is Nc1cccc2c1CCCN2C(=O)CCc1nc2ccccc2[nH]1. The minimum absolute atomic E-state index is 0.127. The lowest BCUT2D eigenvalue weighted by Crippen LogP contribution is -2.35. The van der Waals surface area contributed by atoms with Crippen LogP contribution in [-0.4, -0.2) is 22.4 Å². The fourth-order valence-electron chi connectivity index (χ4n) is 3.40. The number of hydrogen-bond acceptors (Lipinski definition) is 3. The van der Waals surface area contributed by atoms with Crippen LogP contribution in [-0.2, 0) is 17.6 Å². The highest BCUT2D eigenvalue weighted by Crippen LogP contribution is 2.31. The average Bonchev–Trinajstić information content (AvgIpc) is 3.02. The number of aromatic nitrogens is 2. The quantitative estimate of drug-likeness (QED) is 0.728. The number of imidazole rings is 1. The van der Waals surface area contributed by atoms with E-state index in [4.69, 9.17) is 5.73 Å². The molecule has 3 aromatic rings. The van der Waals surface area contributed by atoms with Crippen LogP contribution in [0.5, 0.6) is 0 Å². The van der Waals surface area contributed by atoms with E-state index in [1.807, 2.05) is 47.4 Å². The van der Waals surface area contributed by atoms with Gasteiger partial charge in [0.15, 0.2) is 0 Å². The Hall–Kier alpha value is -2.82. The summed E-state index contributed by atoms with van der Waals surface area (Å²) in [5, 5.41) is 0. The molecule has 4 rings (SSSR count). The first-order valence-electron chi connectivity index (χ1n) is 8.34. The van der Waals surface area contributed by atoms with Gasteiger partial charge in [-0.05, 0) is 42.7 Å². The highest BCUT2D eigenvalue weighted by molar-refractivity contribution is 5.95. The lowest BCUT2D eigenvalue weighted by atomic mass is 9.99. The van der Waals surface area contributed by atoms with Crippen molar-refractivity contribution in [2.45, 2.75) is 25.7 Å². The van der Waals surface area contributed by atoms with Crippen molar-refractivity contribution in [1.82, 2.24) is 9.97 Å². The number of nitrogen functional groups attached to an aromatic ring is 1. The van der Waals surface area contributed by atoms with Crippen molar-refractivity contribution in [2.75, 3.05) is 17.2 Å². The topological polar surface area (TPSA) is 75.0 Å². The van der Waals surface area contributed by atoms with Gasteiger partial charge in [-0.3, -0.25) is 4.79 Å². The van der Waals surface area contributed by atoms with Crippen molar-refractivity contribution < 1.29 is 4.79 Å². The number of aryl methyl sites for hydroxylation is 1. The lowest BCUT2D eigenvalue weighted by molar-refractivity contribution is -0.118. The molecule has 1 aliphatic heterocycles. The van der Waals surface area contributed by atoms with E-state index in [1.54, 1.807) is 0 Å². The molecule has 0 saturated heterocycles. The molecule has 24 heavy (non-hydrogen) atoms. The van der Waals surface area contributed by atoms with E-state index in [1.165, 1.54) is 0 Å². The number of nitrogens with two attached hydrogens (primary N) is 1. The maximum absolute atomic E-state index is 12.7. The van der Waals surface area contributed by atoms with E-state index in [0.29, 0.717) is 12.8 Å². The summed E-state index contributed by atoms with van der Waals surface area (Å²) in [6.07, 6.45) is 2.95. The molecule has 2 aromatic carbocycles. The van der Waals surface area contributed by atoms with Crippen LogP contribution in [0.4, 0.5) is 11.4 Å². The number of anilines is 2. The number of rotatable bonds is 3. The van der Waals surface area contributed by atoms with E-state index in [-0.39, 0.29) is 5.91 Å². The van der Waals surface area contributed by atoms with Gasteiger partial charge in [0, 0.05) is 30.8 Å². The number of H-pyrrole nitrogens is 1. The molecule has 0 aliphatic carbocycles. The Balaban J connectivity index is 1.50. The predicted molar refractivity (Wildman–Crippen MR) is 95.9 cm³/mol. The van der Waals surface area contributed by atoms with E-state index in [9.17, 15) is 4.79 Å². The lowest BCUT2D eigenvalue weighted by Gasteiger charge is -2.30. The smallest absolute Gasteiger partial charge is 0.227 e. The van der Waals surface area contributed by atoms with Gasteiger partial charge in [0.1, 0.15) is 5.82 Å². The van der Waals surface area contributed by atoms with Crippen LogP contribution in [0.2, 0.25) is 0 Å². The molecule has 0 spiro atoms. The number of nitrogens with zero attached hydrogens (tertiary/aromatic N) is 2. The van der Waals surface area contributed by atoms with Gasteiger partial charge in [-0.2, -0.15) is 0 Å². The molecule has 1 aromatic heterocycles. The Morgan fingerprint density at radius 1 is 1.21 bits per heavy atom. The summed E-state index contributed by atoms with van der Waals surface area (Å²) < 4.78 is 0. The number of para-hydroxylation sites is 2. The summed E-state index contributed by atoms with van der Waals surface area (Å²) in [5.41, 5.74) is 10.9. The number of carbonyl (C=O) groups excluding carboxylic acids is 1. The number of nitrogens with one attached hydrogen (secondary N) is 1. The fraction of sp³-hybridized carbons (Fsp3) is 0.263. The minimum atomic E-state index is 0.127. The number of carbonyl (C=O) groups is 1. The number of fused-ring (bicyclic) bond motifs is 2. The molecule has 0 unspecified atom stereocenters. The second-order valence-corrected chi connectivity index (χ2v) is 6.19. The highest BCUT2D eigenvalue weighted by atomic mass is 16.2. The summed E-state index contributed by atoms with van der Waals surface area (Å²) in [5.74, 6) is 0.983. The standard InChI is InChI=1S/C19H20N4O/c20-14-6-3-9-17-13(14)5-4-12-23(17)19(24)11-10-18-21-15-7-1-2-8-16(15)22-18/h1-3,6-9H,4-5,10-12,20H2,(H,21,22). The maximum atomic E-state index is 12.7. The minimum Gasteiger partial charge on any atom is -0.398 e. The summed E-state index contributed by atoms with van der Waals surface area (Å²) >= 11 is 0. The largest absolute Gasteiger partial charge is 0.398 e. The van der Waals surface area contributed by atoms with Gasteiger partial charge in [0.2, 0.25) is 5.91 Å². The molecule has 122 valence electrons. The second-order valence-electron chi connectivity index (χ2n) is 6.19. The molecule has 3 N–H and O–H groups in total. The van der Waals surface area contributed by atoms with Crippen LogP contribution in [0.25, 0.3) is 11.0 Å². The molecule has 0 radical (unpaired) electrons. The Labute approximate surface area is 140 Å². The molecule has 5 nitrogen and oxygen atoms in total. The van der Waals surface area contributed by atoms with Crippen LogP contribution in [0, 0.1) is 0 Å². The Morgan fingerprint density at radius 2 is 2.08 bits per heavy atom. The first-order valence-corrected chi connectivity index (χ1v) is 8.34. The van der Waals surface area contributed by atoms with E-state index in [2.05, 4.69) is 9.97 Å². The summed E-state index contributed by atoms with van der Waals surface area (Å²) in [6.45, 7) is 0.759. The monoisotopic (exact) mass is 320 g/mol. The summed E-state index contributed by atoms with van der Waals surface area (Å²) in [4.78, 5) is 22.4. The van der Waals surface area contributed by atoms with E-state index < -0.39 is 0 Å². The molecule has 0 atom stereocenters. The zero-order chi connectivity index (χ0) is 16.5. The van der Waals surface area contributed by atoms with Gasteiger partial charge in [-0.15, -0.1) is 0 Å². The molecule has 0 fully saturated rings. The molecule has 1 aliphatic rings. The number of benzene rings is 2. The van der Waals surface area contributed by atoms with Crippen molar-refractivity contribution in [1.29, 1.82) is 0 Å². The van der Waals surface area contributed by atoms with Gasteiger partial charge >= 0.3 is 0 Å². The third kappa shape index (κ3) is 2.62. The maximum Gasteiger partial charge on any atom is 0.227 e. The van der Waals surface area contributed by atoms with Crippen LogP contribution < -0.4 is 10.6 Å². The van der Waals surface area contributed by atoms with E-state index in [0.717, 1.165) is 53.2 Å². The number of aromatic amines is 1. The fourth-order valence-corrected chi connectivity index (χ4v) is 3.40. The molecular weight excluding hydrogens is 300 g/mol. The van der Waals surface area contributed by atoms with Gasteiger partial charge in [0.25, 0.3) is 0 Å². The van der Waals surface area contributed by atoms with Gasteiger partial charge in [-0.25, -0.2) is 4.98 Å². The Kier molecular flexibility index (Phi) is 3.69. The number of hydrogen-bond donors (Lipinski definition) is 2. The average molecular weight is 320 g/mol. The summed E-state index contributed by atoms with van der Waals surface area (Å²) in [7, 11) is 0. The Bertz CT molecular complexity index is 866. The Morgan fingerprint density at radius 3 is 2.96 bits per heavy atom. The molecule has 2 heterocycles. The second kappa shape index (κ2) is 6.00. The van der Waals surface area contributed by atoms with Crippen molar-refractivity contribution in [3.05, 3.63) is 53.9 Å². The molecule has 1 amide bonds. The van der Waals surface area contributed by atoms with Crippen LogP contribution in [0.1, 0.15) is 24.2 Å². The van der Waals surface area contributed by atoms with Crippen LogP contribution in [0.15, 0.2) is 42.5 Å². The van der Waals surface area contributed by atoms with E-state index >= 15 is 0 Å². The normalized spacial score (nSPS) is 13.9. The molecule has 5 heteroatoms. The van der Waals surface area contributed by atoms with Crippen molar-refractivity contribution in [3.8, 4) is 0 Å². The predicted octanol–water partition coefficient (Wildman–Crippen LogP) is 3.06. The highest BCUT2D eigenvalue weighted by Gasteiger charge is 2.23. The molecule has 0 saturated carbocycles. The van der Waals surface area contributed by atoms with Gasteiger partial charge in [0.05, 0.1) is 11.0 Å². The zero-order valence-electron chi connectivity index (χ0n) is 13.5. The third-order valence-corrected chi connectivity index (χ3v) is 4.60. The summed E-state index contributed by atoms with van der Waals surface area (Å²) in [6, 6.07) is 13.7. The van der Waals surface area contributed by atoms with Crippen molar-refractivity contribution in [2.24, 2.45) is 0 Å². The first-order chi connectivity index (χ1) is 11.7. The van der Waals surface area contributed by atoms with Crippen molar-refractivity contribution in [3.63, 3.8) is 0 Å². The van der Waals surface area contributed by atoms with Gasteiger partial charge in [-0.1, -0.05) is 18.2 Å². The van der Waals surface area contributed by atoms with Crippen molar-refractivity contribution >= 4 is 28.3 Å². The van der Waals surface area contributed by atoms with Crippen LogP contribution in [0.3, 0.4) is 0 Å². The number of amides is 1. The zero-order valence-corrected chi connectivity index (χ0v) is 13.5. The molecular formula is C19H20N4O.